The number of amides is 1. The monoisotopic (exact) mass is 458 g/mol. The average molecular weight is 459 g/mol. The number of hydrogen-bond acceptors (Lipinski definition) is 8. The first-order chi connectivity index (χ1) is 15.2. The van der Waals surface area contributed by atoms with Gasteiger partial charge in [-0.2, -0.15) is 4.98 Å². The Bertz CT molecular complexity index is 1200. The molecule has 0 aliphatic heterocycles. The molecule has 0 aliphatic carbocycles. The molecule has 1 atom stereocenters. The van der Waals surface area contributed by atoms with Crippen molar-refractivity contribution in [2.45, 2.75) is 31.8 Å². The first-order valence-electron chi connectivity index (χ1n) is 9.57. The molecule has 11 nitrogen and oxygen atoms in total. The van der Waals surface area contributed by atoms with Crippen LogP contribution in [0.2, 0.25) is 0 Å². The summed E-state index contributed by atoms with van der Waals surface area (Å²) < 4.78 is 1.90. The summed E-state index contributed by atoms with van der Waals surface area (Å²) in [4.78, 5) is 43.6. The zero-order chi connectivity index (χ0) is 23.4. The van der Waals surface area contributed by atoms with Crippen LogP contribution in [0.4, 0.5) is 11.8 Å². The number of nitrogens with two attached hydrogens (primary N) is 2. The lowest BCUT2D eigenvalue weighted by molar-refractivity contribution is -0.140. The fourth-order valence-corrected chi connectivity index (χ4v) is 4.03. The van der Waals surface area contributed by atoms with E-state index < -0.39 is 23.9 Å². The third kappa shape index (κ3) is 5.21. The fraction of sp³-hybridized carbons (Fsp3) is 0.250. The summed E-state index contributed by atoms with van der Waals surface area (Å²) in [6.45, 7) is 4.63. The number of thiophene rings is 1. The number of rotatable bonds is 10. The maximum Gasteiger partial charge on any atom is 0.326 e. The van der Waals surface area contributed by atoms with Crippen LogP contribution in [-0.4, -0.2) is 48.6 Å². The number of carbonyl (C=O) groups excluding carboxylic acids is 1. The molecule has 0 aliphatic rings. The number of hydrogen-bond donors (Lipinski definition) is 5. The van der Waals surface area contributed by atoms with Gasteiger partial charge in [0.25, 0.3) is 5.91 Å². The van der Waals surface area contributed by atoms with E-state index in [4.69, 9.17) is 16.6 Å². The molecule has 7 N–H and O–H groups in total. The molecule has 0 saturated carbocycles. The number of aliphatic carboxylic acids is 2. The zero-order valence-corrected chi connectivity index (χ0v) is 17.8. The Labute approximate surface area is 186 Å². The molecule has 32 heavy (non-hydrogen) atoms. The van der Waals surface area contributed by atoms with Crippen molar-refractivity contribution in [1.82, 2.24) is 19.9 Å². The lowest BCUT2D eigenvalue weighted by atomic mass is 10.1. The normalized spacial score (nSPS) is 11.9. The third-order valence-corrected chi connectivity index (χ3v) is 5.92. The summed E-state index contributed by atoms with van der Waals surface area (Å²) in [6.07, 6.45) is 1.83. The average Bonchev–Trinajstić information content (AvgIpc) is 3.36. The lowest BCUT2D eigenvalue weighted by Gasteiger charge is -2.12. The molecule has 0 spiro atoms. The van der Waals surface area contributed by atoms with Gasteiger partial charge in [-0.3, -0.25) is 9.59 Å². The Morgan fingerprint density at radius 3 is 2.53 bits per heavy atom. The van der Waals surface area contributed by atoms with Crippen LogP contribution in [0.3, 0.4) is 0 Å². The van der Waals surface area contributed by atoms with E-state index in [2.05, 4.69) is 21.9 Å². The van der Waals surface area contributed by atoms with E-state index in [0.29, 0.717) is 28.9 Å². The number of aromatic nitrogens is 3. The summed E-state index contributed by atoms with van der Waals surface area (Å²) in [6, 6.07) is 3.83. The first kappa shape index (κ1) is 22.7. The highest BCUT2D eigenvalue weighted by molar-refractivity contribution is 7.15. The number of nitrogen functional groups attached to an aromatic ring is 2. The maximum absolute atomic E-state index is 12.4. The quantitative estimate of drug-likeness (QED) is 0.302. The van der Waals surface area contributed by atoms with Crippen LogP contribution < -0.4 is 16.8 Å². The molecule has 0 aromatic carbocycles. The number of aryl methyl sites for hydroxylation is 1. The molecule has 0 unspecified atom stereocenters. The number of anilines is 2. The van der Waals surface area contributed by atoms with Crippen LogP contribution in [0.5, 0.6) is 0 Å². The largest absolute Gasteiger partial charge is 0.481 e. The van der Waals surface area contributed by atoms with E-state index in [9.17, 15) is 19.5 Å². The van der Waals surface area contributed by atoms with Crippen LogP contribution in [0.15, 0.2) is 31.0 Å². The van der Waals surface area contributed by atoms with E-state index in [0.717, 1.165) is 10.5 Å². The molecular weight excluding hydrogens is 436 g/mol. The van der Waals surface area contributed by atoms with Crippen molar-refractivity contribution in [2.75, 3.05) is 11.5 Å². The predicted molar refractivity (Wildman–Crippen MR) is 120 cm³/mol. The number of carboxylic acid groups (broad SMARTS) is 2. The standard InChI is InChI=1S/C20H22N6O5S/c1-10(6-8-26-9-7-11-16(26)17(21)25-20(22)24-11)13-3-4-14(32-13)18(29)23-12(19(30)31)2-5-15(27)28/h3-4,7,9,12H,1-2,5-6,8H2,(H,23,29)(H,27,28)(H,30,31)(H4,21,22,24,25)/t12-/m1/s1. The van der Waals surface area contributed by atoms with Crippen LogP contribution in [0.25, 0.3) is 16.6 Å². The minimum absolute atomic E-state index is 0.106. The highest BCUT2D eigenvalue weighted by Crippen LogP contribution is 2.27. The Morgan fingerprint density at radius 2 is 1.84 bits per heavy atom. The molecule has 168 valence electrons. The number of fused-ring (bicyclic) bond motifs is 1. The molecule has 0 bridgehead atoms. The second-order valence-electron chi connectivity index (χ2n) is 7.02. The predicted octanol–water partition coefficient (Wildman–Crippen LogP) is 1.81. The molecule has 3 aromatic heterocycles. The van der Waals surface area contributed by atoms with Crippen molar-refractivity contribution < 1.29 is 24.6 Å². The van der Waals surface area contributed by atoms with E-state index in [-0.39, 0.29) is 24.6 Å². The number of carbonyl (C=O) groups is 3. The van der Waals surface area contributed by atoms with Crippen LogP contribution >= 0.6 is 11.3 Å². The van der Waals surface area contributed by atoms with E-state index in [1.165, 1.54) is 11.3 Å². The van der Waals surface area contributed by atoms with Gasteiger partial charge < -0.3 is 31.6 Å². The minimum Gasteiger partial charge on any atom is -0.481 e. The van der Waals surface area contributed by atoms with Gasteiger partial charge >= 0.3 is 11.9 Å². The van der Waals surface area contributed by atoms with Gasteiger partial charge in [-0.15, -0.1) is 11.3 Å². The molecular formula is C20H22N6O5S. The summed E-state index contributed by atoms with van der Waals surface area (Å²) in [7, 11) is 0. The molecule has 12 heteroatoms. The van der Waals surface area contributed by atoms with Crippen molar-refractivity contribution in [3.8, 4) is 0 Å². The molecule has 0 fully saturated rings. The van der Waals surface area contributed by atoms with Gasteiger partial charge in [0.05, 0.1) is 10.4 Å². The number of allylic oxidation sites excluding steroid dienone is 1. The molecule has 3 aromatic rings. The molecule has 1 amide bonds. The fourth-order valence-electron chi connectivity index (χ4n) is 3.12. The van der Waals surface area contributed by atoms with E-state index in [1.807, 2.05) is 10.8 Å². The summed E-state index contributed by atoms with van der Waals surface area (Å²) in [5.74, 6) is -2.60. The number of nitrogens with zero attached hydrogens (tertiary/aromatic N) is 3. The van der Waals surface area contributed by atoms with Gasteiger partial charge in [0, 0.05) is 24.0 Å². The molecule has 0 saturated heterocycles. The van der Waals surface area contributed by atoms with E-state index >= 15 is 0 Å². The highest BCUT2D eigenvalue weighted by Gasteiger charge is 2.22. The Hall–Kier alpha value is -3.93. The van der Waals surface area contributed by atoms with Crippen LogP contribution in [0.1, 0.15) is 33.8 Å². The van der Waals surface area contributed by atoms with Crippen molar-refractivity contribution in [3.05, 3.63) is 40.7 Å². The van der Waals surface area contributed by atoms with Gasteiger partial charge in [0.1, 0.15) is 11.6 Å². The van der Waals surface area contributed by atoms with Gasteiger partial charge in [0.2, 0.25) is 5.95 Å². The Balaban J connectivity index is 1.63. The summed E-state index contributed by atoms with van der Waals surface area (Å²) >= 11 is 1.18. The molecule has 3 heterocycles. The minimum atomic E-state index is -1.29. The summed E-state index contributed by atoms with van der Waals surface area (Å²) in [5.41, 5.74) is 13.7. The van der Waals surface area contributed by atoms with Crippen molar-refractivity contribution in [1.29, 1.82) is 0 Å². The van der Waals surface area contributed by atoms with Gasteiger partial charge in [0.15, 0.2) is 5.82 Å². The Kier molecular flexibility index (Phi) is 6.73. The third-order valence-electron chi connectivity index (χ3n) is 4.74. The second-order valence-corrected chi connectivity index (χ2v) is 8.11. The lowest BCUT2D eigenvalue weighted by Crippen LogP contribution is -2.40. The van der Waals surface area contributed by atoms with Crippen molar-refractivity contribution >= 4 is 57.6 Å². The number of carboxylic acids is 2. The maximum atomic E-state index is 12.4. The van der Waals surface area contributed by atoms with Crippen LogP contribution in [0, 0.1) is 0 Å². The first-order valence-corrected chi connectivity index (χ1v) is 10.4. The molecule has 0 radical (unpaired) electrons. The zero-order valence-electron chi connectivity index (χ0n) is 16.9. The highest BCUT2D eigenvalue weighted by atomic mass is 32.1. The SMILES string of the molecule is C=C(CCn1ccc2nc(N)nc(N)c21)c1ccc(C(=O)N[C@H](CCC(=O)O)C(=O)O)s1. The topological polar surface area (TPSA) is 186 Å². The van der Waals surface area contributed by atoms with Crippen LogP contribution in [-0.2, 0) is 16.1 Å². The van der Waals surface area contributed by atoms with Crippen molar-refractivity contribution in [2.24, 2.45) is 0 Å². The van der Waals surface area contributed by atoms with Gasteiger partial charge in [-0.1, -0.05) is 6.58 Å². The number of nitrogens with one attached hydrogen (secondary N) is 1. The van der Waals surface area contributed by atoms with E-state index in [1.54, 1.807) is 18.2 Å². The summed E-state index contributed by atoms with van der Waals surface area (Å²) in [5, 5.41) is 20.3. The second kappa shape index (κ2) is 9.47. The Morgan fingerprint density at radius 1 is 1.12 bits per heavy atom. The van der Waals surface area contributed by atoms with Gasteiger partial charge in [-0.05, 0) is 36.6 Å². The smallest absolute Gasteiger partial charge is 0.326 e. The molecule has 3 rings (SSSR count). The van der Waals surface area contributed by atoms with Gasteiger partial charge in [-0.25, -0.2) is 9.78 Å². The van der Waals surface area contributed by atoms with Crippen molar-refractivity contribution in [3.63, 3.8) is 0 Å².